The summed E-state index contributed by atoms with van der Waals surface area (Å²) in [5, 5.41) is 12.7. The molecule has 4 rings (SSSR count). The van der Waals surface area contributed by atoms with Crippen molar-refractivity contribution in [3.05, 3.63) is 47.3 Å². The first-order valence-electron chi connectivity index (χ1n) is 10.6. The van der Waals surface area contributed by atoms with Crippen molar-refractivity contribution in [1.29, 1.82) is 5.26 Å². The number of anilines is 1. The van der Waals surface area contributed by atoms with Crippen LogP contribution in [0.3, 0.4) is 0 Å². The molecule has 9 heteroatoms. The van der Waals surface area contributed by atoms with Crippen LogP contribution in [0.4, 0.5) is 14.5 Å². The van der Waals surface area contributed by atoms with E-state index in [1.54, 1.807) is 0 Å². The molecule has 32 heavy (non-hydrogen) atoms. The molecule has 0 spiro atoms. The Morgan fingerprint density at radius 3 is 2.59 bits per heavy atom. The zero-order chi connectivity index (χ0) is 22.9. The monoisotopic (exact) mass is 441 g/mol. The summed E-state index contributed by atoms with van der Waals surface area (Å²) in [6, 6.07) is 5.00. The summed E-state index contributed by atoms with van der Waals surface area (Å²) in [5.74, 6) is -1.92. The van der Waals surface area contributed by atoms with E-state index >= 15 is 0 Å². The second kappa shape index (κ2) is 8.81. The van der Waals surface area contributed by atoms with E-state index < -0.39 is 17.2 Å². The Hall–Kier alpha value is -3.09. The second-order valence-corrected chi connectivity index (χ2v) is 8.70. The molecule has 0 bridgehead atoms. The van der Waals surface area contributed by atoms with Crippen LogP contribution in [0.2, 0.25) is 0 Å². The number of amides is 1. The molecule has 2 aliphatic rings. The van der Waals surface area contributed by atoms with Gasteiger partial charge in [0, 0.05) is 55.7 Å². The highest BCUT2D eigenvalue weighted by atomic mass is 19.1. The molecule has 2 saturated heterocycles. The van der Waals surface area contributed by atoms with E-state index in [0.717, 1.165) is 18.2 Å². The van der Waals surface area contributed by atoms with E-state index in [1.165, 1.54) is 6.20 Å². The largest absolute Gasteiger partial charge is 0.381 e. The number of nitriles is 1. The maximum Gasteiger partial charge on any atom is 0.255 e. The van der Waals surface area contributed by atoms with Gasteiger partial charge in [-0.25, -0.2) is 13.8 Å². The van der Waals surface area contributed by atoms with Gasteiger partial charge >= 0.3 is 0 Å². The Morgan fingerprint density at radius 1 is 1.31 bits per heavy atom. The van der Waals surface area contributed by atoms with Crippen molar-refractivity contribution in [2.45, 2.75) is 37.8 Å². The Morgan fingerprint density at radius 2 is 2.00 bits per heavy atom. The van der Waals surface area contributed by atoms with Crippen LogP contribution in [-0.4, -0.2) is 48.8 Å². The first-order valence-corrected chi connectivity index (χ1v) is 10.6. The van der Waals surface area contributed by atoms with Crippen molar-refractivity contribution < 1.29 is 18.3 Å². The smallest absolute Gasteiger partial charge is 0.255 e. The summed E-state index contributed by atoms with van der Waals surface area (Å²) in [6.07, 6.45) is 3.40. The number of carbonyl (C=O) groups excluding carboxylic acids is 1. The quantitative estimate of drug-likeness (QED) is 0.756. The third-order valence-electron chi connectivity index (χ3n) is 5.93. The molecular formula is C23H25F2N5O2. The molecule has 0 radical (unpaired) electrons. The standard InChI is InChI=1S/C23H25F2N5O2/c1-23(27)4-5-30(13-23)21-18(22(31)29-17-2-6-32-7-3-17)12-28-19(11-26)20(21)14-8-15(24)10-16(25)9-14/h8-10,12,17H,2-7,13,27H2,1H3,(H,29,31)/t23-/m0/s1. The van der Waals surface area contributed by atoms with Gasteiger partial charge in [-0.2, -0.15) is 5.26 Å². The highest BCUT2D eigenvalue weighted by Gasteiger charge is 2.35. The summed E-state index contributed by atoms with van der Waals surface area (Å²) in [5.41, 5.74) is 6.84. The zero-order valence-corrected chi connectivity index (χ0v) is 17.8. The number of rotatable bonds is 4. The van der Waals surface area contributed by atoms with Crippen LogP contribution < -0.4 is 16.0 Å². The predicted molar refractivity (Wildman–Crippen MR) is 115 cm³/mol. The maximum absolute atomic E-state index is 14.1. The van der Waals surface area contributed by atoms with Crippen LogP contribution >= 0.6 is 0 Å². The molecule has 2 aromatic rings. The van der Waals surface area contributed by atoms with Crippen molar-refractivity contribution in [2.75, 3.05) is 31.2 Å². The van der Waals surface area contributed by atoms with Gasteiger partial charge in [-0.1, -0.05) is 0 Å². The van der Waals surface area contributed by atoms with Crippen LogP contribution in [-0.2, 0) is 4.74 Å². The second-order valence-electron chi connectivity index (χ2n) is 8.70. The number of hydrogen-bond acceptors (Lipinski definition) is 6. The number of nitrogens with two attached hydrogens (primary N) is 1. The molecule has 1 amide bonds. The fourth-order valence-electron chi connectivity index (χ4n) is 4.33. The fourth-order valence-corrected chi connectivity index (χ4v) is 4.33. The van der Waals surface area contributed by atoms with E-state index in [1.807, 2.05) is 17.9 Å². The maximum atomic E-state index is 14.1. The zero-order valence-electron chi connectivity index (χ0n) is 17.8. The summed E-state index contributed by atoms with van der Waals surface area (Å²) < 4.78 is 33.5. The van der Waals surface area contributed by atoms with Crippen molar-refractivity contribution in [2.24, 2.45) is 5.73 Å². The Labute approximate surface area is 185 Å². The van der Waals surface area contributed by atoms with Crippen molar-refractivity contribution in [1.82, 2.24) is 10.3 Å². The number of nitrogens with zero attached hydrogens (tertiary/aromatic N) is 3. The van der Waals surface area contributed by atoms with Gasteiger partial charge in [0.1, 0.15) is 23.4 Å². The average Bonchev–Trinajstić information content (AvgIpc) is 3.12. The summed E-state index contributed by atoms with van der Waals surface area (Å²) >= 11 is 0. The molecule has 0 aliphatic carbocycles. The number of aromatic nitrogens is 1. The molecule has 7 nitrogen and oxygen atoms in total. The van der Waals surface area contributed by atoms with Crippen LogP contribution in [0.5, 0.6) is 0 Å². The third-order valence-corrected chi connectivity index (χ3v) is 5.93. The number of hydrogen-bond donors (Lipinski definition) is 2. The van der Waals surface area contributed by atoms with Crippen LogP contribution in [0.15, 0.2) is 24.4 Å². The van der Waals surface area contributed by atoms with Gasteiger partial charge in [-0.05, 0) is 43.9 Å². The molecule has 0 unspecified atom stereocenters. The highest BCUT2D eigenvalue weighted by Crippen LogP contribution is 2.39. The normalized spacial score (nSPS) is 21.4. The van der Waals surface area contributed by atoms with Gasteiger partial charge in [0.05, 0.1) is 11.3 Å². The van der Waals surface area contributed by atoms with Crippen LogP contribution in [0, 0.1) is 23.0 Å². The topological polar surface area (TPSA) is 104 Å². The van der Waals surface area contributed by atoms with Crippen LogP contribution in [0.1, 0.15) is 42.2 Å². The van der Waals surface area contributed by atoms with Crippen molar-refractivity contribution in [3.63, 3.8) is 0 Å². The van der Waals surface area contributed by atoms with Gasteiger partial charge < -0.3 is 20.7 Å². The first kappa shape index (κ1) is 22.1. The number of ether oxygens (including phenoxy) is 1. The van der Waals surface area contributed by atoms with Gasteiger partial charge in [-0.3, -0.25) is 4.79 Å². The lowest BCUT2D eigenvalue weighted by molar-refractivity contribution is 0.0696. The SMILES string of the molecule is C[C@]1(N)CCN(c2c(C(=O)NC3CCOCC3)cnc(C#N)c2-c2cc(F)cc(F)c2)C1. The third kappa shape index (κ3) is 4.56. The predicted octanol–water partition coefficient (Wildman–Crippen LogP) is 2.73. The number of halogens is 2. The van der Waals surface area contributed by atoms with Gasteiger partial charge in [0.15, 0.2) is 0 Å². The molecule has 3 N–H and O–H groups in total. The summed E-state index contributed by atoms with van der Waals surface area (Å²) in [4.78, 5) is 19.4. The molecule has 1 aromatic carbocycles. The Bertz CT molecular complexity index is 1060. The first-order chi connectivity index (χ1) is 15.3. The molecule has 1 aromatic heterocycles. The summed E-state index contributed by atoms with van der Waals surface area (Å²) in [6.45, 7) is 3.99. The van der Waals surface area contributed by atoms with E-state index in [4.69, 9.17) is 10.5 Å². The molecule has 168 valence electrons. The van der Waals surface area contributed by atoms with Gasteiger partial charge in [0.2, 0.25) is 0 Å². The molecule has 2 aliphatic heterocycles. The number of nitrogens with one attached hydrogen (secondary N) is 1. The van der Waals surface area contributed by atoms with Gasteiger partial charge in [0.25, 0.3) is 5.91 Å². The molecule has 2 fully saturated rings. The van der Waals surface area contributed by atoms with E-state index in [2.05, 4.69) is 10.3 Å². The molecule has 0 saturated carbocycles. The Kier molecular flexibility index (Phi) is 6.09. The fraction of sp³-hybridized carbons (Fsp3) is 0.435. The minimum atomic E-state index is -0.781. The number of carbonyl (C=O) groups is 1. The molecule has 3 heterocycles. The highest BCUT2D eigenvalue weighted by molar-refractivity contribution is 6.04. The van der Waals surface area contributed by atoms with Crippen molar-refractivity contribution in [3.8, 4) is 17.2 Å². The van der Waals surface area contributed by atoms with E-state index in [9.17, 15) is 18.8 Å². The number of pyridine rings is 1. The minimum Gasteiger partial charge on any atom is -0.381 e. The van der Waals surface area contributed by atoms with Crippen LogP contribution in [0.25, 0.3) is 11.1 Å². The number of benzene rings is 1. The molecule has 1 atom stereocenters. The van der Waals surface area contributed by atoms with Crippen molar-refractivity contribution >= 4 is 11.6 Å². The van der Waals surface area contributed by atoms with Gasteiger partial charge in [-0.15, -0.1) is 0 Å². The average molecular weight is 441 g/mol. The Balaban J connectivity index is 1.86. The lowest BCUT2D eigenvalue weighted by Gasteiger charge is -2.28. The van der Waals surface area contributed by atoms with E-state index in [0.29, 0.717) is 51.3 Å². The lowest BCUT2D eigenvalue weighted by atomic mass is 9.97. The lowest BCUT2D eigenvalue weighted by Crippen LogP contribution is -2.41. The molecular weight excluding hydrogens is 416 g/mol. The minimum absolute atomic E-state index is 0.0155. The summed E-state index contributed by atoms with van der Waals surface area (Å²) in [7, 11) is 0. The van der Waals surface area contributed by atoms with E-state index in [-0.39, 0.29) is 34.3 Å².